The molecule has 0 saturated heterocycles. The van der Waals surface area contributed by atoms with Gasteiger partial charge in [0.15, 0.2) is 11.6 Å². The zero-order valence-corrected chi connectivity index (χ0v) is 61.5. The molecule has 7 rings (SSSR count). The highest BCUT2D eigenvalue weighted by atomic mass is 79.9. The van der Waals surface area contributed by atoms with E-state index in [1.165, 1.54) is 52.8 Å². The van der Waals surface area contributed by atoms with Crippen LogP contribution in [0.2, 0.25) is 0 Å². The number of carbonyl (C=O) groups excluding carboxylic acids is 5. The minimum atomic E-state index is -1.01. The fourth-order valence-electron chi connectivity index (χ4n) is 8.06. The van der Waals surface area contributed by atoms with Gasteiger partial charge < -0.3 is 66.7 Å². The number of amides is 5. The molecule has 0 aliphatic heterocycles. The number of benzene rings is 4. The van der Waals surface area contributed by atoms with Gasteiger partial charge in [-0.3, -0.25) is 34.5 Å². The number of nitriles is 3. The number of carbonyl (C=O) groups is 5. The molecule has 0 unspecified atom stereocenters. The van der Waals surface area contributed by atoms with E-state index in [2.05, 4.69) is 71.6 Å². The second-order valence-corrected chi connectivity index (χ2v) is 27.3. The van der Waals surface area contributed by atoms with Gasteiger partial charge in [0.1, 0.15) is 68.8 Å². The molecule has 4 aromatic carbocycles. The summed E-state index contributed by atoms with van der Waals surface area (Å²) in [5.74, 6) is -5.63. The molecule has 0 aliphatic carbocycles. The Bertz CT molecular complexity index is 3940. The number of nitrogens with one attached hydrogen (secondary N) is 5. The van der Waals surface area contributed by atoms with Gasteiger partial charge in [0.25, 0.3) is 5.91 Å². The highest BCUT2D eigenvalue weighted by Crippen LogP contribution is 2.33. The molecule has 3 heterocycles. The summed E-state index contributed by atoms with van der Waals surface area (Å²) >= 11 is 9.86. The molecule has 5 amide bonds. The number of nitrogens with two attached hydrogens (primary N) is 7. The van der Waals surface area contributed by atoms with Gasteiger partial charge in [0.05, 0.1) is 73.8 Å². The van der Waals surface area contributed by atoms with Crippen molar-refractivity contribution in [2.45, 2.75) is 126 Å². The quantitative estimate of drug-likeness (QED) is 0.0122. The highest BCUT2D eigenvalue weighted by Gasteiger charge is 2.24. The minimum absolute atomic E-state index is 0.00131. The maximum atomic E-state index is 14.4. The van der Waals surface area contributed by atoms with Crippen LogP contribution in [0.25, 0.3) is 0 Å². The van der Waals surface area contributed by atoms with Crippen molar-refractivity contribution in [3.63, 3.8) is 0 Å². The van der Waals surface area contributed by atoms with Crippen molar-refractivity contribution in [1.29, 1.82) is 15.8 Å². The number of hydrogen-bond donors (Lipinski definition) is 14. The van der Waals surface area contributed by atoms with Crippen LogP contribution in [0, 0.1) is 108 Å². The lowest BCUT2D eigenvalue weighted by Gasteiger charge is -2.20. The first-order valence-corrected chi connectivity index (χ1v) is 33.5. The minimum Gasteiger partial charge on any atom is -0.389 e. The Labute approximate surface area is 599 Å². The van der Waals surface area contributed by atoms with Gasteiger partial charge in [-0.25, -0.2) is 22.0 Å². The molecule has 21 N–H and O–H groups in total. The number of aromatic nitrogens is 3. The van der Waals surface area contributed by atoms with Crippen molar-refractivity contribution in [2.24, 2.45) is 58.1 Å². The average Bonchev–Trinajstić information content (AvgIpc) is 1.57. The van der Waals surface area contributed by atoms with Gasteiger partial charge in [-0.1, -0.05) is 55.4 Å². The van der Waals surface area contributed by atoms with Crippen LogP contribution in [0.4, 0.5) is 65.4 Å². The van der Waals surface area contributed by atoms with E-state index in [9.17, 15) is 51.2 Å². The Morgan fingerprint density at radius 3 is 1.11 bits per heavy atom. The van der Waals surface area contributed by atoms with Crippen LogP contribution in [0.5, 0.6) is 0 Å². The number of rotatable bonds is 23. The Morgan fingerprint density at radius 2 is 0.798 bits per heavy atom. The zero-order valence-electron chi connectivity index (χ0n) is 55.8. The van der Waals surface area contributed by atoms with Crippen molar-refractivity contribution < 1.29 is 56.4 Å². The van der Waals surface area contributed by atoms with Gasteiger partial charge in [0, 0.05) is 8.95 Å². The predicted octanol–water partition coefficient (Wildman–Crippen LogP) is 12.5. The molecule has 536 valence electrons. The van der Waals surface area contributed by atoms with Crippen LogP contribution >= 0.6 is 66.5 Å². The summed E-state index contributed by atoms with van der Waals surface area (Å²) in [6, 6.07) is 17.8. The Hall–Kier alpha value is -9.12. The molecule has 0 saturated carbocycles. The van der Waals surface area contributed by atoms with Crippen molar-refractivity contribution in [1.82, 2.24) is 13.1 Å². The second-order valence-electron chi connectivity index (χ2n) is 23.1. The molecule has 3 aromatic heterocycles. The normalized spacial score (nSPS) is 11.5. The molecular weight excluding hydrogens is 1480 g/mol. The lowest BCUT2D eigenvalue weighted by Crippen LogP contribution is -2.37. The number of halogens is 7. The SMILES string of the molecule is CC(C)C[C@@H](N)C(N)=O.CC(C)C[C@@H](Nc1cc(Br)c(C#N)cc1F)C(N)=O.Cc1cc(N)sn1.Cc1cc(Nc2cc(N[C@H](CC(C)C)C(N)=O)c(F)cc2C#N)sn1.Cc1cc(Nc2cc(N[C@H](CC(C)C)C(N)=O)c(F)cc2C(N)=O)sn1.N#Cc1cc(F)c(F)cc1Br.OO. The fraction of sp³-hybridized carbons (Fsp3) is 0.359. The standard InChI is InChI=1S/C17H22FN5O2S.C17H20FN5OS.C13H15BrFN3O.C7H2BrF2N.C6H14N2O.C4H6N2S.H2O2/c1-8(2)4-14(17(20)25)21-13-7-12(10(16(19)24)6-11(13)18)22-15-5-9(3)23-26-15;1-9(2)4-15(17(20)24)21-14-7-13(11(8-19)6-12(14)18)22-16-5-10(3)23-25-16;1-7(2)3-12(13(17)19)18-11-5-9(14)8(6-16)4-10(11)15;8-5-2-7(10)6(9)1-4(5)3-11;1-4(2)3-5(7)6(8)9;1-3-2-4(5)7-6-3;1-2/h5-8,14,21-22H,4H2,1-3H3,(H2,19,24)(H2,20,25);5-7,9,15,21-22H,4H2,1-3H3,(H2,20,24);4-5,7,12,18H,3H2,1-2H3,(H2,17,19);1-2H;4-5H,3,7H2,1-2H3,(H2,8,9);2H,5H2,1H3;1-2H/t14-;15-;12-;;5-;;/m111.1../s1. The second kappa shape index (κ2) is 44.0. The monoisotopic (exact) mass is 1560 g/mol. The topological polar surface area (TPSA) is 478 Å². The molecule has 99 heavy (non-hydrogen) atoms. The van der Waals surface area contributed by atoms with Gasteiger partial charge in [-0.05, 0) is 203 Å². The van der Waals surface area contributed by atoms with Gasteiger partial charge >= 0.3 is 0 Å². The summed E-state index contributed by atoms with van der Waals surface area (Å²) in [5, 5.41) is 55.1. The van der Waals surface area contributed by atoms with Gasteiger partial charge in [-0.15, -0.1) is 0 Å². The lowest BCUT2D eigenvalue weighted by molar-refractivity contribution is -0.176. The first kappa shape index (κ1) is 87.9. The molecule has 7 aromatic rings. The Kier molecular flexibility index (Phi) is 39.1. The third-order valence-electron chi connectivity index (χ3n) is 12.6. The number of anilines is 8. The van der Waals surface area contributed by atoms with Crippen LogP contribution in [0.15, 0.2) is 75.7 Å². The maximum absolute atomic E-state index is 14.4. The van der Waals surface area contributed by atoms with Crippen LogP contribution < -0.4 is 66.7 Å². The van der Waals surface area contributed by atoms with Crippen molar-refractivity contribution in [2.75, 3.05) is 32.3 Å². The van der Waals surface area contributed by atoms with E-state index in [-0.39, 0.29) is 61.5 Å². The Morgan fingerprint density at radius 1 is 0.465 bits per heavy atom. The zero-order chi connectivity index (χ0) is 75.7. The molecule has 0 fully saturated rings. The number of nitrogen functional groups attached to an aromatic ring is 1. The predicted molar refractivity (Wildman–Crippen MR) is 385 cm³/mol. The van der Waals surface area contributed by atoms with E-state index in [4.69, 9.17) is 61.2 Å². The van der Waals surface area contributed by atoms with E-state index in [1.54, 1.807) is 12.1 Å². The van der Waals surface area contributed by atoms with E-state index >= 15 is 0 Å². The summed E-state index contributed by atoms with van der Waals surface area (Å²) in [7, 11) is 0. The molecular formula is C64H81Br2F5N18O7S3. The largest absolute Gasteiger partial charge is 0.389 e. The first-order chi connectivity index (χ1) is 46.3. The smallest absolute Gasteiger partial charge is 0.250 e. The summed E-state index contributed by atoms with van der Waals surface area (Å²) in [6.07, 6.45) is 2.11. The number of primary amides is 5. The van der Waals surface area contributed by atoms with Crippen LogP contribution in [-0.2, 0) is 19.2 Å². The summed E-state index contributed by atoms with van der Waals surface area (Å²) in [6.45, 7) is 21.3. The van der Waals surface area contributed by atoms with Gasteiger partial charge in [-0.2, -0.15) is 28.9 Å². The number of hydrogen-bond acceptors (Lipinski definition) is 23. The molecule has 0 bridgehead atoms. The van der Waals surface area contributed by atoms with Crippen molar-refractivity contribution in [3.05, 3.63) is 144 Å². The molecule has 4 atom stereocenters. The number of nitrogens with zero attached hydrogens (tertiary/aromatic N) is 6. The molecule has 0 aliphatic rings. The van der Waals surface area contributed by atoms with Crippen LogP contribution in [-0.4, -0.2) is 77.3 Å². The average molecular weight is 1570 g/mol. The summed E-state index contributed by atoms with van der Waals surface area (Å²) < 4.78 is 80.3. The van der Waals surface area contributed by atoms with Crippen molar-refractivity contribution in [3.8, 4) is 18.2 Å². The van der Waals surface area contributed by atoms with E-state index < -0.39 is 82.8 Å². The van der Waals surface area contributed by atoms with Gasteiger partial charge in [0.2, 0.25) is 23.6 Å². The van der Waals surface area contributed by atoms with Crippen LogP contribution in [0.3, 0.4) is 0 Å². The van der Waals surface area contributed by atoms with E-state index in [0.29, 0.717) is 52.4 Å². The van der Waals surface area contributed by atoms with Crippen LogP contribution in [0.1, 0.15) is 125 Å². The molecule has 0 radical (unpaired) electrons. The summed E-state index contributed by atoms with van der Waals surface area (Å²) in [4.78, 5) is 56.6. The molecule has 35 heteroatoms. The molecule has 25 nitrogen and oxygen atoms in total. The highest BCUT2D eigenvalue weighted by molar-refractivity contribution is 9.10. The first-order valence-electron chi connectivity index (χ1n) is 29.6. The molecule has 0 spiro atoms. The lowest BCUT2D eigenvalue weighted by atomic mass is 10.0. The fourth-order valence-corrected chi connectivity index (χ4v) is 10.8. The number of aryl methyl sites for hydroxylation is 3. The van der Waals surface area contributed by atoms with E-state index in [1.807, 2.05) is 100 Å². The third kappa shape index (κ3) is 32.4. The van der Waals surface area contributed by atoms with E-state index in [0.717, 1.165) is 57.4 Å². The van der Waals surface area contributed by atoms with Crippen molar-refractivity contribution >= 4 is 139 Å². The maximum Gasteiger partial charge on any atom is 0.250 e. The third-order valence-corrected chi connectivity index (χ3v) is 16.2. The summed E-state index contributed by atoms with van der Waals surface area (Å²) in [5.41, 5.74) is 41.2. The Balaban J connectivity index is 0.000000623.